The standard InChI is InChI=1S/C19H20N2O2S/c1-13(18(22)23)12-21-17(20-4)8-6-14-5-7-16-15(11-14)19(2,3)9-10-24-16/h5,7,11-12H,4,9-10H2,1-3H3,(H,22,23)/b13-12+,21-17?. The van der Waals surface area contributed by atoms with Crippen molar-refractivity contribution in [3.63, 3.8) is 0 Å². The Balaban J connectivity index is 2.30. The fourth-order valence-electron chi connectivity index (χ4n) is 2.27. The maximum Gasteiger partial charge on any atom is 0.332 e. The topological polar surface area (TPSA) is 62.0 Å². The van der Waals surface area contributed by atoms with E-state index in [0.717, 1.165) is 17.7 Å². The quantitative estimate of drug-likeness (QED) is 0.384. The first-order valence-corrected chi connectivity index (χ1v) is 8.56. The van der Waals surface area contributed by atoms with Crippen molar-refractivity contribution in [2.45, 2.75) is 37.5 Å². The zero-order valence-electron chi connectivity index (χ0n) is 14.1. The van der Waals surface area contributed by atoms with Crippen LogP contribution in [0.5, 0.6) is 0 Å². The number of hydrogen-bond acceptors (Lipinski definition) is 3. The van der Waals surface area contributed by atoms with E-state index >= 15 is 0 Å². The van der Waals surface area contributed by atoms with Crippen LogP contribution in [-0.2, 0) is 10.2 Å². The van der Waals surface area contributed by atoms with Gasteiger partial charge in [-0.1, -0.05) is 19.8 Å². The number of nitrogens with zero attached hydrogens (tertiary/aromatic N) is 2. The van der Waals surface area contributed by atoms with Crippen LogP contribution < -0.4 is 0 Å². The molecule has 0 fully saturated rings. The van der Waals surface area contributed by atoms with Gasteiger partial charge >= 0.3 is 5.97 Å². The Kier molecular flexibility index (Phi) is 5.63. The van der Waals surface area contributed by atoms with E-state index in [1.165, 1.54) is 23.6 Å². The lowest BCUT2D eigenvalue weighted by molar-refractivity contribution is -0.132. The summed E-state index contributed by atoms with van der Waals surface area (Å²) in [6, 6.07) is 6.21. The number of fused-ring (bicyclic) bond motifs is 1. The van der Waals surface area contributed by atoms with Gasteiger partial charge in [0.15, 0.2) is 0 Å². The highest BCUT2D eigenvalue weighted by Gasteiger charge is 2.27. The number of rotatable bonds is 2. The highest BCUT2D eigenvalue weighted by atomic mass is 32.2. The van der Waals surface area contributed by atoms with Gasteiger partial charge in [0, 0.05) is 16.7 Å². The average Bonchev–Trinajstić information content (AvgIpc) is 2.54. The molecule has 2 rings (SSSR count). The lowest BCUT2D eigenvalue weighted by Gasteiger charge is -2.32. The molecule has 24 heavy (non-hydrogen) atoms. The molecule has 0 spiro atoms. The minimum atomic E-state index is -1.02. The molecule has 0 saturated carbocycles. The molecular formula is C19H20N2O2S. The fourth-order valence-corrected chi connectivity index (χ4v) is 3.75. The molecule has 1 N–H and O–H groups in total. The molecule has 1 aromatic rings. The van der Waals surface area contributed by atoms with Crippen molar-refractivity contribution in [2.24, 2.45) is 9.98 Å². The SMILES string of the molecule is C=NC(C#Cc1ccc2c(c1)C(C)(C)CCS2)=N/C=C(\C)C(=O)O. The van der Waals surface area contributed by atoms with E-state index in [9.17, 15) is 4.79 Å². The summed E-state index contributed by atoms with van der Waals surface area (Å²) in [4.78, 5) is 19.8. The molecular weight excluding hydrogens is 320 g/mol. The van der Waals surface area contributed by atoms with E-state index in [1.807, 2.05) is 17.8 Å². The van der Waals surface area contributed by atoms with E-state index in [-0.39, 0.29) is 16.8 Å². The molecule has 0 amide bonds. The maximum atomic E-state index is 10.8. The third-order valence-corrected chi connectivity index (χ3v) is 4.95. The summed E-state index contributed by atoms with van der Waals surface area (Å²) in [5.74, 6) is 6.19. The maximum absolute atomic E-state index is 10.8. The first kappa shape index (κ1) is 18.0. The van der Waals surface area contributed by atoms with Crippen LogP contribution in [0.25, 0.3) is 0 Å². The molecule has 124 valence electrons. The number of amidine groups is 1. The molecule has 0 radical (unpaired) electrons. The van der Waals surface area contributed by atoms with Crippen molar-refractivity contribution in [1.82, 2.24) is 0 Å². The van der Waals surface area contributed by atoms with Crippen LogP contribution in [0.2, 0.25) is 0 Å². The van der Waals surface area contributed by atoms with Gasteiger partial charge in [0.25, 0.3) is 0 Å². The molecule has 0 saturated heterocycles. The average molecular weight is 340 g/mol. The lowest BCUT2D eigenvalue weighted by atomic mass is 9.81. The van der Waals surface area contributed by atoms with Crippen LogP contribution in [0.15, 0.2) is 44.9 Å². The van der Waals surface area contributed by atoms with Crippen LogP contribution >= 0.6 is 11.8 Å². The van der Waals surface area contributed by atoms with E-state index in [0.29, 0.717) is 0 Å². The predicted molar refractivity (Wildman–Crippen MR) is 100 cm³/mol. The van der Waals surface area contributed by atoms with Gasteiger partial charge < -0.3 is 5.11 Å². The Morgan fingerprint density at radius 1 is 1.46 bits per heavy atom. The summed E-state index contributed by atoms with van der Waals surface area (Å²) in [5.41, 5.74) is 2.47. The van der Waals surface area contributed by atoms with Gasteiger partial charge in [-0.15, -0.1) is 11.8 Å². The van der Waals surface area contributed by atoms with E-state index < -0.39 is 5.97 Å². The molecule has 5 heteroatoms. The van der Waals surface area contributed by atoms with Crippen LogP contribution in [-0.4, -0.2) is 29.4 Å². The zero-order chi connectivity index (χ0) is 17.7. The zero-order valence-corrected chi connectivity index (χ0v) is 14.9. The monoisotopic (exact) mass is 340 g/mol. The number of carboxylic acids is 1. The van der Waals surface area contributed by atoms with E-state index in [1.54, 1.807) is 0 Å². The summed E-state index contributed by atoms with van der Waals surface area (Å²) in [5, 5.41) is 8.82. The molecule has 1 aliphatic heterocycles. The molecule has 1 aromatic carbocycles. The van der Waals surface area contributed by atoms with Crippen LogP contribution in [0.4, 0.5) is 0 Å². The number of hydrogen-bond donors (Lipinski definition) is 1. The minimum absolute atomic E-state index is 0.116. The largest absolute Gasteiger partial charge is 0.478 e. The Bertz CT molecular complexity index is 795. The number of carbonyl (C=O) groups is 1. The Morgan fingerprint density at radius 2 is 2.21 bits per heavy atom. The van der Waals surface area contributed by atoms with Crippen molar-refractivity contribution in [3.8, 4) is 11.8 Å². The van der Waals surface area contributed by atoms with Crippen molar-refractivity contribution in [3.05, 3.63) is 41.1 Å². The summed E-state index contributed by atoms with van der Waals surface area (Å²) >= 11 is 1.88. The normalized spacial score (nSPS) is 16.6. The Hall–Kier alpha value is -2.32. The number of aliphatic carboxylic acids is 1. The van der Waals surface area contributed by atoms with Crippen molar-refractivity contribution < 1.29 is 9.90 Å². The van der Waals surface area contributed by atoms with E-state index in [2.05, 4.69) is 54.5 Å². The van der Waals surface area contributed by atoms with Crippen LogP contribution in [0, 0.1) is 11.8 Å². The molecule has 0 bridgehead atoms. The minimum Gasteiger partial charge on any atom is -0.478 e. The second kappa shape index (κ2) is 7.50. The van der Waals surface area contributed by atoms with Crippen LogP contribution in [0.3, 0.4) is 0 Å². The number of aliphatic imine (C=N–C) groups is 2. The summed E-state index contributed by atoms with van der Waals surface area (Å²) in [7, 11) is 0. The smallest absolute Gasteiger partial charge is 0.332 e. The molecule has 0 aromatic heterocycles. The fraction of sp³-hybridized carbons (Fsp3) is 0.316. The molecule has 4 nitrogen and oxygen atoms in total. The first-order valence-electron chi connectivity index (χ1n) is 7.57. The number of benzene rings is 1. The second-order valence-corrected chi connectivity index (χ2v) is 7.31. The van der Waals surface area contributed by atoms with Crippen LogP contribution in [0.1, 0.15) is 38.3 Å². The van der Waals surface area contributed by atoms with Gasteiger partial charge in [0.1, 0.15) is 0 Å². The Labute approximate surface area is 146 Å². The molecule has 1 aliphatic rings. The van der Waals surface area contributed by atoms with Crippen molar-refractivity contribution in [1.29, 1.82) is 0 Å². The first-order chi connectivity index (χ1) is 11.3. The van der Waals surface area contributed by atoms with Crippen molar-refractivity contribution in [2.75, 3.05) is 5.75 Å². The lowest BCUT2D eigenvalue weighted by Crippen LogP contribution is -2.22. The van der Waals surface area contributed by atoms with Gasteiger partial charge in [-0.25, -0.2) is 14.8 Å². The predicted octanol–water partition coefficient (Wildman–Crippen LogP) is 3.90. The third kappa shape index (κ3) is 4.36. The van der Waals surface area contributed by atoms with Gasteiger partial charge in [0.05, 0.1) is 5.57 Å². The highest BCUT2D eigenvalue weighted by Crippen LogP contribution is 2.41. The third-order valence-electron chi connectivity index (χ3n) is 3.88. The molecule has 0 unspecified atom stereocenters. The van der Waals surface area contributed by atoms with Crippen molar-refractivity contribution >= 4 is 30.3 Å². The summed E-state index contributed by atoms with van der Waals surface area (Å²) in [6.45, 7) is 9.39. The van der Waals surface area contributed by atoms with Gasteiger partial charge in [-0.3, -0.25) is 0 Å². The van der Waals surface area contributed by atoms with Gasteiger partial charge in [0.2, 0.25) is 5.84 Å². The molecule has 0 atom stereocenters. The number of carboxylic acid groups (broad SMARTS) is 1. The second-order valence-electron chi connectivity index (χ2n) is 6.17. The molecule has 0 aliphatic carbocycles. The van der Waals surface area contributed by atoms with E-state index in [4.69, 9.17) is 5.11 Å². The number of thioether (sulfide) groups is 1. The summed E-state index contributed by atoms with van der Waals surface area (Å²) in [6.07, 6.45) is 2.37. The Morgan fingerprint density at radius 3 is 2.88 bits per heavy atom. The highest BCUT2D eigenvalue weighted by molar-refractivity contribution is 7.99. The molecule has 1 heterocycles. The van der Waals surface area contributed by atoms with Gasteiger partial charge in [-0.2, -0.15) is 0 Å². The van der Waals surface area contributed by atoms with Gasteiger partial charge in [-0.05, 0) is 60.9 Å². The summed E-state index contributed by atoms with van der Waals surface area (Å²) < 4.78 is 0.